The number of aromatic nitrogens is 1. The summed E-state index contributed by atoms with van der Waals surface area (Å²) in [6.45, 7) is 7.83. The van der Waals surface area contributed by atoms with E-state index in [1.165, 1.54) is 13.8 Å². The smallest absolute Gasteiger partial charge is 0.250 e. The van der Waals surface area contributed by atoms with Gasteiger partial charge >= 0.3 is 0 Å². The van der Waals surface area contributed by atoms with Crippen LogP contribution in [0.3, 0.4) is 0 Å². The molecule has 0 saturated carbocycles. The van der Waals surface area contributed by atoms with E-state index in [4.69, 9.17) is 4.52 Å². The van der Waals surface area contributed by atoms with Crippen LogP contribution in [0.25, 0.3) is 0 Å². The van der Waals surface area contributed by atoms with Crippen molar-refractivity contribution in [1.82, 2.24) is 9.46 Å². The molecule has 0 bridgehead atoms. The first-order chi connectivity index (χ1) is 11.7. The number of hydrogen-bond donors (Lipinski definition) is 0. The second-order valence-electron chi connectivity index (χ2n) is 8.30. The molecule has 1 fully saturated rings. The maximum Gasteiger partial charge on any atom is 0.250 e. The number of nitrogens with zero attached hydrogens (tertiary/aromatic N) is 2. The molecular formula is C17H26F2N2O4S. The van der Waals surface area contributed by atoms with Crippen LogP contribution < -0.4 is 0 Å². The number of carbonyl (C=O) groups excluding carboxylic acids is 1. The van der Waals surface area contributed by atoms with Crippen molar-refractivity contribution in [3.05, 3.63) is 17.5 Å². The Morgan fingerprint density at radius 1 is 1.23 bits per heavy atom. The van der Waals surface area contributed by atoms with E-state index in [1.54, 1.807) is 6.07 Å². The fourth-order valence-corrected chi connectivity index (χ4v) is 4.31. The first-order valence-electron chi connectivity index (χ1n) is 8.54. The van der Waals surface area contributed by atoms with Crippen LogP contribution in [-0.4, -0.2) is 47.4 Å². The minimum atomic E-state index is -4.06. The summed E-state index contributed by atoms with van der Waals surface area (Å²) in [7, 11) is -4.06. The fourth-order valence-electron chi connectivity index (χ4n) is 2.65. The predicted octanol–water partition coefficient (Wildman–Crippen LogP) is 2.92. The number of ketones is 1. The quantitative estimate of drug-likeness (QED) is 0.770. The number of halogens is 2. The third kappa shape index (κ3) is 4.14. The van der Waals surface area contributed by atoms with Gasteiger partial charge in [0.2, 0.25) is 10.0 Å². The van der Waals surface area contributed by atoms with E-state index in [1.807, 2.05) is 20.8 Å². The third-order valence-corrected chi connectivity index (χ3v) is 7.31. The SMILES string of the molecule is CC(C)(C)c1cc(CC(=O)C(C)(C)S(=O)(=O)N2CCC(F)(F)CC2)no1. The summed E-state index contributed by atoms with van der Waals surface area (Å²) in [5, 5.41) is 3.85. The Bertz CT molecular complexity index is 769. The molecular weight excluding hydrogens is 366 g/mol. The largest absolute Gasteiger partial charge is 0.361 e. The molecule has 26 heavy (non-hydrogen) atoms. The van der Waals surface area contributed by atoms with Crippen molar-refractivity contribution in [2.75, 3.05) is 13.1 Å². The van der Waals surface area contributed by atoms with E-state index in [9.17, 15) is 22.0 Å². The van der Waals surface area contributed by atoms with E-state index in [-0.39, 0.29) is 24.9 Å². The van der Waals surface area contributed by atoms with Gasteiger partial charge in [-0.25, -0.2) is 21.5 Å². The number of piperidine rings is 1. The highest BCUT2D eigenvalue weighted by Gasteiger charge is 2.48. The summed E-state index contributed by atoms with van der Waals surface area (Å²) in [4.78, 5) is 12.7. The minimum absolute atomic E-state index is 0.199. The summed E-state index contributed by atoms with van der Waals surface area (Å²) in [5.41, 5.74) is 0.0722. The van der Waals surface area contributed by atoms with Crippen molar-refractivity contribution in [1.29, 1.82) is 0 Å². The molecule has 148 valence electrons. The molecule has 6 nitrogen and oxygen atoms in total. The standard InChI is InChI=1S/C17H26F2N2O4S/c1-15(2,3)14-11-12(20-25-14)10-13(22)16(4,5)26(23,24)21-8-6-17(18,19)7-9-21/h11H,6-10H2,1-5H3. The first kappa shape index (κ1) is 21.0. The number of carbonyl (C=O) groups is 1. The zero-order chi connectivity index (χ0) is 20.0. The minimum Gasteiger partial charge on any atom is -0.361 e. The summed E-state index contributed by atoms with van der Waals surface area (Å²) in [6.07, 6.45) is -1.26. The molecule has 0 unspecified atom stereocenters. The van der Waals surface area contributed by atoms with Crippen molar-refractivity contribution in [3.8, 4) is 0 Å². The molecule has 2 rings (SSSR count). The van der Waals surface area contributed by atoms with Crippen LogP contribution in [0.2, 0.25) is 0 Å². The van der Waals surface area contributed by atoms with Gasteiger partial charge in [0.25, 0.3) is 5.92 Å². The second-order valence-corrected chi connectivity index (χ2v) is 10.8. The highest BCUT2D eigenvalue weighted by atomic mass is 32.2. The lowest BCUT2D eigenvalue weighted by molar-refractivity contribution is -0.120. The van der Waals surface area contributed by atoms with Crippen LogP contribution in [0, 0.1) is 0 Å². The van der Waals surface area contributed by atoms with Crippen molar-refractivity contribution in [2.24, 2.45) is 0 Å². The fraction of sp³-hybridized carbons (Fsp3) is 0.765. The molecule has 1 aromatic rings. The van der Waals surface area contributed by atoms with Crippen molar-refractivity contribution >= 4 is 15.8 Å². The second kappa shape index (κ2) is 6.67. The van der Waals surface area contributed by atoms with Gasteiger partial charge in [-0.1, -0.05) is 25.9 Å². The molecule has 1 aliphatic rings. The van der Waals surface area contributed by atoms with Gasteiger partial charge in [-0.05, 0) is 13.8 Å². The Balaban J connectivity index is 2.15. The van der Waals surface area contributed by atoms with Crippen LogP contribution in [-0.2, 0) is 26.7 Å². The van der Waals surface area contributed by atoms with Gasteiger partial charge in [0, 0.05) is 37.4 Å². The normalized spacial score (nSPS) is 19.5. The summed E-state index contributed by atoms with van der Waals surface area (Å²) in [6, 6.07) is 1.64. The Hall–Kier alpha value is -1.35. The maximum atomic E-state index is 13.3. The zero-order valence-corrected chi connectivity index (χ0v) is 16.6. The molecule has 0 spiro atoms. The van der Waals surface area contributed by atoms with E-state index in [0.717, 1.165) is 4.31 Å². The molecule has 2 heterocycles. The monoisotopic (exact) mass is 392 g/mol. The van der Waals surface area contributed by atoms with E-state index in [0.29, 0.717) is 11.5 Å². The van der Waals surface area contributed by atoms with Gasteiger partial charge < -0.3 is 4.52 Å². The average Bonchev–Trinajstić information content (AvgIpc) is 2.95. The van der Waals surface area contributed by atoms with Crippen LogP contribution in [0.5, 0.6) is 0 Å². The average molecular weight is 392 g/mol. The van der Waals surface area contributed by atoms with Gasteiger partial charge in [-0.3, -0.25) is 4.79 Å². The molecule has 0 aliphatic carbocycles. The van der Waals surface area contributed by atoms with E-state index >= 15 is 0 Å². The van der Waals surface area contributed by atoms with Gasteiger partial charge in [0.1, 0.15) is 10.5 Å². The number of hydrogen-bond acceptors (Lipinski definition) is 5. The first-order valence-corrected chi connectivity index (χ1v) is 9.98. The molecule has 0 radical (unpaired) electrons. The van der Waals surface area contributed by atoms with Crippen LogP contribution in [0.15, 0.2) is 10.6 Å². The highest BCUT2D eigenvalue weighted by Crippen LogP contribution is 2.33. The summed E-state index contributed by atoms with van der Waals surface area (Å²) >= 11 is 0. The molecule has 1 saturated heterocycles. The maximum absolute atomic E-state index is 13.3. The Labute approximate surface area is 153 Å². The highest BCUT2D eigenvalue weighted by molar-refractivity contribution is 7.91. The molecule has 9 heteroatoms. The Kier molecular flexibility index (Phi) is 5.38. The van der Waals surface area contributed by atoms with Crippen molar-refractivity contribution < 1.29 is 26.5 Å². The van der Waals surface area contributed by atoms with Crippen molar-refractivity contribution in [3.63, 3.8) is 0 Å². The molecule has 0 N–H and O–H groups in total. The number of rotatable bonds is 5. The van der Waals surface area contributed by atoms with E-state index in [2.05, 4.69) is 5.16 Å². The lowest BCUT2D eigenvalue weighted by atomic mass is 9.92. The topological polar surface area (TPSA) is 80.5 Å². The van der Waals surface area contributed by atoms with Crippen LogP contribution >= 0.6 is 0 Å². The van der Waals surface area contributed by atoms with Gasteiger partial charge in [0.05, 0.1) is 12.1 Å². The molecule has 0 aromatic carbocycles. The third-order valence-electron chi connectivity index (χ3n) is 4.75. The lowest BCUT2D eigenvalue weighted by Gasteiger charge is -2.36. The van der Waals surface area contributed by atoms with Crippen LogP contribution in [0.1, 0.15) is 58.9 Å². The number of Topliss-reactive ketones (excluding diaryl/α,β-unsaturated/α-hetero) is 1. The van der Waals surface area contributed by atoms with Gasteiger partial charge in [-0.2, -0.15) is 0 Å². The molecule has 0 atom stereocenters. The molecule has 1 aromatic heterocycles. The van der Waals surface area contributed by atoms with Crippen LogP contribution in [0.4, 0.5) is 8.78 Å². The molecule has 0 amide bonds. The van der Waals surface area contributed by atoms with Gasteiger partial charge in [0.15, 0.2) is 5.78 Å². The van der Waals surface area contributed by atoms with E-state index < -0.39 is 39.3 Å². The zero-order valence-electron chi connectivity index (χ0n) is 15.8. The summed E-state index contributed by atoms with van der Waals surface area (Å²) < 4.78 is 56.7. The summed E-state index contributed by atoms with van der Waals surface area (Å²) in [5.74, 6) is -2.81. The lowest BCUT2D eigenvalue weighted by Crippen LogP contribution is -2.53. The van der Waals surface area contributed by atoms with Crippen molar-refractivity contribution in [2.45, 2.75) is 70.0 Å². The number of alkyl halides is 2. The number of sulfonamides is 1. The Morgan fingerprint density at radius 3 is 2.23 bits per heavy atom. The van der Waals surface area contributed by atoms with Gasteiger partial charge in [-0.15, -0.1) is 0 Å². The Morgan fingerprint density at radius 2 is 1.77 bits per heavy atom. The molecule has 1 aliphatic heterocycles. The predicted molar refractivity (Wildman–Crippen MR) is 92.7 cm³/mol.